The molecular weight excluding hydrogens is 435 g/mol. The number of imidazole rings is 1. The molecule has 0 bridgehead atoms. The number of rotatable bonds is 5. The smallest absolute Gasteiger partial charge is 0.269 e. The van der Waals surface area contributed by atoms with Crippen LogP contribution < -0.4 is 10.9 Å². The van der Waals surface area contributed by atoms with E-state index in [1.807, 2.05) is 6.92 Å². The fourth-order valence-electron chi connectivity index (χ4n) is 3.72. The topological polar surface area (TPSA) is 101 Å². The first-order valence-corrected chi connectivity index (χ1v) is 10.0. The van der Waals surface area contributed by atoms with Crippen LogP contribution in [0.25, 0.3) is 27.8 Å². The summed E-state index contributed by atoms with van der Waals surface area (Å²) in [5, 5.41) is 2.84. The van der Waals surface area contributed by atoms with Crippen molar-refractivity contribution in [1.29, 1.82) is 0 Å². The summed E-state index contributed by atoms with van der Waals surface area (Å²) in [7, 11) is 0. The van der Waals surface area contributed by atoms with Crippen LogP contribution in [0.3, 0.4) is 0 Å². The van der Waals surface area contributed by atoms with Gasteiger partial charge < -0.3 is 10.3 Å². The van der Waals surface area contributed by atoms with Crippen LogP contribution in [0.2, 0.25) is 0 Å². The SMILES string of the molecule is CCC(Nc1ncnc2[nH]cnc12)c1nc2cccc(F)c2c(=O)n1-c1cc(F)ccc1F. The minimum Gasteiger partial charge on any atom is -0.358 e. The predicted octanol–water partition coefficient (Wildman–Crippen LogP) is 4.03. The highest BCUT2D eigenvalue weighted by atomic mass is 19.1. The molecule has 1 atom stereocenters. The number of hydrogen-bond acceptors (Lipinski definition) is 6. The van der Waals surface area contributed by atoms with Gasteiger partial charge in [0, 0.05) is 6.07 Å². The number of aromatic amines is 1. The molecule has 5 rings (SSSR count). The van der Waals surface area contributed by atoms with Crippen LogP contribution in [0.1, 0.15) is 25.2 Å². The number of H-pyrrole nitrogens is 1. The maximum atomic E-state index is 14.8. The lowest BCUT2D eigenvalue weighted by Gasteiger charge is -2.22. The lowest BCUT2D eigenvalue weighted by Crippen LogP contribution is -2.29. The van der Waals surface area contributed by atoms with Gasteiger partial charge >= 0.3 is 0 Å². The van der Waals surface area contributed by atoms with E-state index in [9.17, 15) is 18.0 Å². The van der Waals surface area contributed by atoms with Crippen molar-refractivity contribution in [3.8, 4) is 5.69 Å². The molecule has 11 heteroatoms. The highest BCUT2D eigenvalue weighted by Gasteiger charge is 2.24. The Morgan fingerprint density at radius 2 is 1.94 bits per heavy atom. The third-order valence-electron chi connectivity index (χ3n) is 5.27. The molecule has 8 nitrogen and oxygen atoms in total. The monoisotopic (exact) mass is 451 g/mol. The summed E-state index contributed by atoms with van der Waals surface area (Å²) in [5.41, 5.74) is -0.194. The van der Waals surface area contributed by atoms with Crippen LogP contribution >= 0.6 is 0 Å². The van der Waals surface area contributed by atoms with Crippen molar-refractivity contribution < 1.29 is 13.2 Å². The van der Waals surface area contributed by atoms with Gasteiger partial charge in [-0.05, 0) is 30.7 Å². The van der Waals surface area contributed by atoms with E-state index >= 15 is 0 Å². The van der Waals surface area contributed by atoms with Gasteiger partial charge in [-0.3, -0.25) is 9.36 Å². The Morgan fingerprint density at radius 3 is 2.76 bits per heavy atom. The van der Waals surface area contributed by atoms with Gasteiger partial charge in [0.05, 0.1) is 23.6 Å². The van der Waals surface area contributed by atoms with Gasteiger partial charge in [-0.2, -0.15) is 0 Å². The van der Waals surface area contributed by atoms with E-state index in [0.29, 0.717) is 23.4 Å². The van der Waals surface area contributed by atoms with Crippen molar-refractivity contribution in [3.05, 3.63) is 82.7 Å². The Balaban J connectivity index is 1.78. The zero-order chi connectivity index (χ0) is 23.1. The van der Waals surface area contributed by atoms with Gasteiger partial charge in [-0.25, -0.2) is 33.1 Å². The van der Waals surface area contributed by atoms with Gasteiger partial charge in [0.2, 0.25) is 0 Å². The predicted molar refractivity (Wildman–Crippen MR) is 116 cm³/mol. The van der Waals surface area contributed by atoms with Crippen molar-refractivity contribution in [2.24, 2.45) is 0 Å². The number of hydrogen-bond donors (Lipinski definition) is 2. The molecule has 2 N–H and O–H groups in total. The maximum absolute atomic E-state index is 14.8. The van der Waals surface area contributed by atoms with E-state index in [2.05, 4.69) is 30.2 Å². The Hall–Kier alpha value is -4.28. The molecule has 2 aromatic carbocycles. The first kappa shape index (κ1) is 20.6. The van der Waals surface area contributed by atoms with Crippen molar-refractivity contribution in [1.82, 2.24) is 29.5 Å². The van der Waals surface area contributed by atoms with Crippen molar-refractivity contribution in [3.63, 3.8) is 0 Å². The molecule has 33 heavy (non-hydrogen) atoms. The summed E-state index contributed by atoms with van der Waals surface area (Å²) in [6, 6.07) is 6.04. The average Bonchev–Trinajstić information content (AvgIpc) is 3.29. The van der Waals surface area contributed by atoms with Crippen LogP contribution in [-0.2, 0) is 0 Å². The van der Waals surface area contributed by atoms with Crippen LogP contribution in [0.15, 0.2) is 53.8 Å². The zero-order valence-electron chi connectivity index (χ0n) is 17.2. The molecule has 0 fully saturated rings. The molecular formula is C22H16F3N7O. The second-order valence-corrected chi connectivity index (χ2v) is 7.27. The summed E-state index contributed by atoms with van der Waals surface area (Å²) in [5.74, 6) is -2.01. The number of nitrogens with zero attached hydrogens (tertiary/aromatic N) is 5. The molecule has 0 saturated heterocycles. The largest absolute Gasteiger partial charge is 0.358 e. The Bertz CT molecular complexity index is 1560. The molecule has 0 radical (unpaired) electrons. The molecule has 3 heterocycles. The molecule has 5 aromatic rings. The van der Waals surface area contributed by atoms with Gasteiger partial charge in [-0.15, -0.1) is 0 Å². The number of fused-ring (bicyclic) bond motifs is 2. The molecule has 0 aliphatic heterocycles. The average molecular weight is 451 g/mol. The van der Waals surface area contributed by atoms with Crippen molar-refractivity contribution >= 4 is 27.9 Å². The third kappa shape index (κ3) is 3.47. The van der Waals surface area contributed by atoms with E-state index in [1.165, 1.54) is 24.8 Å². The number of aromatic nitrogens is 6. The van der Waals surface area contributed by atoms with Crippen LogP contribution in [0.5, 0.6) is 0 Å². The van der Waals surface area contributed by atoms with E-state index in [-0.39, 0.29) is 22.4 Å². The standard InChI is InChI=1S/C22H16F3N7O/c1-2-14(30-20-18-19(27-9-26-18)28-10-29-20)21-31-15-5-3-4-13(25)17(15)22(33)32(21)16-8-11(23)6-7-12(16)24/h3-10,14H,2H2,1H3,(H2,26,27,28,29,30). The van der Waals surface area contributed by atoms with Gasteiger partial charge in [0.25, 0.3) is 5.56 Å². The van der Waals surface area contributed by atoms with Crippen LogP contribution in [0.4, 0.5) is 19.0 Å². The zero-order valence-corrected chi connectivity index (χ0v) is 17.2. The number of benzene rings is 2. The maximum Gasteiger partial charge on any atom is 0.269 e. The Kier molecular flexibility index (Phi) is 5.00. The quantitative estimate of drug-likeness (QED) is 0.418. The Morgan fingerprint density at radius 1 is 1.09 bits per heavy atom. The fourth-order valence-corrected chi connectivity index (χ4v) is 3.72. The lowest BCUT2D eigenvalue weighted by atomic mass is 10.1. The van der Waals surface area contributed by atoms with Crippen molar-refractivity contribution in [2.75, 3.05) is 5.32 Å². The minimum atomic E-state index is -0.858. The van der Waals surface area contributed by atoms with Gasteiger partial charge in [0.15, 0.2) is 11.5 Å². The molecule has 0 amide bonds. The summed E-state index contributed by atoms with van der Waals surface area (Å²) in [4.78, 5) is 33.2. The molecule has 3 aromatic heterocycles. The second kappa shape index (κ2) is 8.01. The highest BCUT2D eigenvalue weighted by Crippen LogP contribution is 2.27. The number of halogens is 3. The van der Waals surface area contributed by atoms with Crippen molar-refractivity contribution in [2.45, 2.75) is 19.4 Å². The van der Waals surface area contributed by atoms with E-state index in [0.717, 1.165) is 28.8 Å². The molecule has 0 aliphatic rings. The first-order valence-electron chi connectivity index (χ1n) is 10.0. The highest BCUT2D eigenvalue weighted by molar-refractivity contribution is 5.82. The fraction of sp³-hybridized carbons (Fsp3) is 0.136. The molecule has 1 unspecified atom stereocenters. The third-order valence-corrected chi connectivity index (χ3v) is 5.27. The number of nitrogens with one attached hydrogen (secondary N) is 2. The normalized spacial score (nSPS) is 12.4. The van der Waals surface area contributed by atoms with E-state index in [4.69, 9.17) is 0 Å². The molecule has 0 saturated carbocycles. The van der Waals surface area contributed by atoms with Crippen LogP contribution in [0, 0.1) is 17.5 Å². The van der Waals surface area contributed by atoms with E-state index < -0.39 is 29.1 Å². The molecule has 166 valence electrons. The summed E-state index contributed by atoms with van der Waals surface area (Å²) < 4.78 is 44.3. The van der Waals surface area contributed by atoms with Crippen LogP contribution in [-0.4, -0.2) is 29.5 Å². The summed E-state index contributed by atoms with van der Waals surface area (Å²) in [6.45, 7) is 1.81. The summed E-state index contributed by atoms with van der Waals surface area (Å²) >= 11 is 0. The molecule has 0 spiro atoms. The molecule has 0 aliphatic carbocycles. The van der Waals surface area contributed by atoms with E-state index in [1.54, 1.807) is 0 Å². The number of anilines is 1. The minimum absolute atomic E-state index is 0.0624. The first-order chi connectivity index (χ1) is 16.0. The Labute approximate surface area is 184 Å². The van der Waals surface area contributed by atoms with Gasteiger partial charge in [0.1, 0.15) is 40.5 Å². The lowest BCUT2D eigenvalue weighted by molar-refractivity contribution is 0.578. The van der Waals surface area contributed by atoms with Gasteiger partial charge in [-0.1, -0.05) is 13.0 Å². The second-order valence-electron chi connectivity index (χ2n) is 7.27. The summed E-state index contributed by atoms with van der Waals surface area (Å²) in [6.07, 6.45) is 3.17.